The maximum atomic E-state index is 11.9. The van der Waals surface area contributed by atoms with Crippen molar-refractivity contribution in [1.29, 1.82) is 0 Å². The molecular weight excluding hydrogens is 250 g/mol. The predicted molar refractivity (Wildman–Crippen MR) is 55.6 cm³/mol. The molecule has 0 aliphatic heterocycles. The fourth-order valence-corrected chi connectivity index (χ4v) is 1.53. The van der Waals surface area contributed by atoms with E-state index in [0.29, 0.717) is 15.7 Å². The molecule has 0 unspecified atom stereocenters. The van der Waals surface area contributed by atoms with Gasteiger partial charge in [0.1, 0.15) is 0 Å². The lowest BCUT2D eigenvalue weighted by Gasteiger charge is -2.11. The molecule has 0 saturated carbocycles. The van der Waals surface area contributed by atoms with E-state index in [0.717, 1.165) is 0 Å². The Bertz CT molecular complexity index is 318. The monoisotopic (exact) mass is 257 g/mol. The zero-order valence-corrected chi connectivity index (χ0v) is 9.05. The summed E-state index contributed by atoms with van der Waals surface area (Å²) in [5, 5.41) is 3.17. The van der Waals surface area contributed by atoms with E-state index in [9.17, 15) is 13.2 Å². The molecule has 0 aliphatic carbocycles. The Labute approximate surface area is 95.2 Å². The number of hydrogen-bond acceptors (Lipinski definition) is 1. The highest BCUT2D eigenvalue weighted by molar-refractivity contribution is 6.39. The van der Waals surface area contributed by atoms with Crippen molar-refractivity contribution in [3.05, 3.63) is 28.2 Å². The summed E-state index contributed by atoms with van der Waals surface area (Å²) in [7, 11) is 0. The summed E-state index contributed by atoms with van der Waals surface area (Å²) >= 11 is 11.5. The summed E-state index contributed by atoms with van der Waals surface area (Å²) in [6, 6.07) is 4.74. The second-order valence-corrected chi connectivity index (χ2v) is 3.70. The highest BCUT2D eigenvalue weighted by Crippen LogP contribution is 2.30. The summed E-state index contributed by atoms with van der Waals surface area (Å²) in [6.45, 7) is -0.243. The molecule has 0 aliphatic rings. The smallest absolute Gasteiger partial charge is 0.382 e. The van der Waals surface area contributed by atoms with Crippen LogP contribution in [0.25, 0.3) is 0 Å². The molecule has 0 fully saturated rings. The SMILES string of the molecule is FC(F)(F)CCNc1c(Cl)cccc1Cl. The maximum absolute atomic E-state index is 11.9. The van der Waals surface area contributed by atoms with Gasteiger partial charge in [-0.2, -0.15) is 13.2 Å². The normalized spacial score (nSPS) is 11.5. The van der Waals surface area contributed by atoms with E-state index in [4.69, 9.17) is 23.2 Å². The molecule has 1 rings (SSSR count). The van der Waals surface area contributed by atoms with Gasteiger partial charge in [-0.3, -0.25) is 0 Å². The topological polar surface area (TPSA) is 12.0 Å². The standard InChI is InChI=1S/C9H8Cl2F3N/c10-6-2-1-3-7(11)8(6)15-5-4-9(12,13)14/h1-3,15H,4-5H2. The second kappa shape index (κ2) is 4.94. The van der Waals surface area contributed by atoms with Gasteiger partial charge in [0, 0.05) is 6.54 Å². The minimum Gasteiger partial charge on any atom is -0.382 e. The summed E-state index contributed by atoms with van der Waals surface area (Å²) in [5.41, 5.74) is 0.338. The molecule has 0 radical (unpaired) electrons. The van der Waals surface area contributed by atoms with E-state index in [1.165, 1.54) is 0 Å². The summed E-state index contributed by atoms with van der Waals surface area (Å²) in [6.07, 6.45) is -5.10. The van der Waals surface area contributed by atoms with E-state index < -0.39 is 12.6 Å². The van der Waals surface area contributed by atoms with Crippen molar-refractivity contribution >= 4 is 28.9 Å². The number of alkyl halides is 3. The van der Waals surface area contributed by atoms with Gasteiger partial charge in [0.05, 0.1) is 22.2 Å². The number of benzene rings is 1. The number of nitrogens with one attached hydrogen (secondary N) is 1. The van der Waals surface area contributed by atoms with E-state index in [-0.39, 0.29) is 6.54 Å². The van der Waals surface area contributed by atoms with Gasteiger partial charge in [0.25, 0.3) is 0 Å². The molecule has 0 atom stereocenters. The zero-order chi connectivity index (χ0) is 11.5. The third kappa shape index (κ3) is 4.18. The lowest BCUT2D eigenvalue weighted by molar-refractivity contribution is -0.131. The first kappa shape index (κ1) is 12.5. The number of para-hydroxylation sites is 1. The van der Waals surface area contributed by atoms with E-state index >= 15 is 0 Å². The van der Waals surface area contributed by atoms with Crippen LogP contribution in [-0.4, -0.2) is 12.7 Å². The van der Waals surface area contributed by atoms with Crippen LogP contribution in [-0.2, 0) is 0 Å². The first-order valence-electron chi connectivity index (χ1n) is 4.15. The Morgan fingerprint density at radius 3 is 2.13 bits per heavy atom. The Balaban J connectivity index is 2.58. The summed E-state index contributed by atoms with van der Waals surface area (Å²) in [4.78, 5) is 0. The Kier molecular flexibility index (Phi) is 4.11. The summed E-state index contributed by atoms with van der Waals surface area (Å²) in [5.74, 6) is 0. The van der Waals surface area contributed by atoms with Gasteiger partial charge in [-0.05, 0) is 12.1 Å². The van der Waals surface area contributed by atoms with Crippen LogP contribution < -0.4 is 5.32 Å². The molecule has 0 saturated heterocycles. The number of halogens is 5. The molecule has 0 heterocycles. The van der Waals surface area contributed by atoms with Crippen molar-refractivity contribution < 1.29 is 13.2 Å². The first-order valence-corrected chi connectivity index (χ1v) is 4.90. The zero-order valence-electron chi connectivity index (χ0n) is 7.54. The van der Waals surface area contributed by atoms with Crippen molar-refractivity contribution in [1.82, 2.24) is 0 Å². The molecule has 84 valence electrons. The lowest BCUT2D eigenvalue weighted by Crippen LogP contribution is -2.14. The lowest BCUT2D eigenvalue weighted by atomic mass is 10.3. The summed E-state index contributed by atoms with van der Waals surface area (Å²) < 4.78 is 35.6. The van der Waals surface area contributed by atoms with Crippen LogP contribution in [0.3, 0.4) is 0 Å². The second-order valence-electron chi connectivity index (χ2n) is 2.89. The molecule has 15 heavy (non-hydrogen) atoms. The average Bonchev–Trinajstić information content (AvgIpc) is 2.08. The molecule has 1 aromatic carbocycles. The molecule has 0 bridgehead atoms. The van der Waals surface area contributed by atoms with Gasteiger partial charge in [0.2, 0.25) is 0 Å². The van der Waals surface area contributed by atoms with Crippen molar-refractivity contribution in [2.24, 2.45) is 0 Å². The van der Waals surface area contributed by atoms with Crippen LogP contribution in [0.15, 0.2) is 18.2 Å². The first-order chi connectivity index (χ1) is 6.90. The van der Waals surface area contributed by atoms with Gasteiger partial charge in [-0.1, -0.05) is 29.3 Å². The number of anilines is 1. The quantitative estimate of drug-likeness (QED) is 0.849. The number of hydrogen-bond donors (Lipinski definition) is 1. The highest BCUT2D eigenvalue weighted by atomic mass is 35.5. The highest BCUT2D eigenvalue weighted by Gasteiger charge is 2.26. The van der Waals surface area contributed by atoms with Crippen LogP contribution in [0.4, 0.5) is 18.9 Å². The van der Waals surface area contributed by atoms with Crippen LogP contribution in [0.5, 0.6) is 0 Å². The van der Waals surface area contributed by atoms with Gasteiger partial charge in [-0.15, -0.1) is 0 Å². The third-order valence-electron chi connectivity index (χ3n) is 1.67. The molecule has 1 N–H and O–H groups in total. The molecule has 0 aromatic heterocycles. The predicted octanol–water partition coefficient (Wildman–Crippen LogP) is 4.36. The molecule has 1 aromatic rings. The molecule has 6 heteroatoms. The molecule has 0 amide bonds. The Hall–Kier alpha value is -0.610. The van der Waals surface area contributed by atoms with E-state index in [1.807, 2.05) is 0 Å². The molecule has 1 nitrogen and oxygen atoms in total. The van der Waals surface area contributed by atoms with Gasteiger partial charge in [0.15, 0.2) is 0 Å². The van der Waals surface area contributed by atoms with E-state index in [2.05, 4.69) is 5.32 Å². The van der Waals surface area contributed by atoms with Gasteiger partial charge in [-0.25, -0.2) is 0 Å². The number of rotatable bonds is 3. The molecule has 0 spiro atoms. The van der Waals surface area contributed by atoms with E-state index in [1.54, 1.807) is 18.2 Å². The van der Waals surface area contributed by atoms with Crippen molar-refractivity contribution in [2.45, 2.75) is 12.6 Å². The van der Waals surface area contributed by atoms with Crippen molar-refractivity contribution in [2.75, 3.05) is 11.9 Å². The minimum atomic E-state index is -4.18. The Morgan fingerprint density at radius 1 is 1.13 bits per heavy atom. The van der Waals surface area contributed by atoms with Crippen LogP contribution in [0.1, 0.15) is 6.42 Å². The molecular formula is C9H8Cl2F3N. The fourth-order valence-electron chi connectivity index (χ4n) is 0.996. The van der Waals surface area contributed by atoms with Gasteiger partial charge >= 0.3 is 6.18 Å². The Morgan fingerprint density at radius 2 is 1.67 bits per heavy atom. The van der Waals surface area contributed by atoms with Crippen molar-refractivity contribution in [3.8, 4) is 0 Å². The average molecular weight is 258 g/mol. The van der Waals surface area contributed by atoms with Gasteiger partial charge < -0.3 is 5.32 Å². The minimum absolute atomic E-state index is 0.243. The maximum Gasteiger partial charge on any atom is 0.390 e. The van der Waals surface area contributed by atoms with Crippen LogP contribution >= 0.6 is 23.2 Å². The van der Waals surface area contributed by atoms with Crippen LogP contribution in [0.2, 0.25) is 10.0 Å². The fraction of sp³-hybridized carbons (Fsp3) is 0.333. The van der Waals surface area contributed by atoms with Crippen molar-refractivity contribution in [3.63, 3.8) is 0 Å². The van der Waals surface area contributed by atoms with Crippen LogP contribution in [0, 0.1) is 0 Å². The largest absolute Gasteiger partial charge is 0.390 e. The third-order valence-corrected chi connectivity index (χ3v) is 2.30.